The second kappa shape index (κ2) is 8.26. The molecule has 2 N–H and O–H groups in total. The molecule has 1 amide bonds. The molecule has 0 saturated heterocycles. The predicted octanol–water partition coefficient (Wildman–Crippen LogP) is 2.81. The molecule has 0 aliphatic carbocycles. The first-order valence-corrected chi connectivity index (χ1v) is 9.71. The van der Waals surface area contributed by atoms with E-state index in [2.05, 4.69) is 17.0 Å². The molecule has 24 heavy (non-hydrogen) atoms. The van der Waals surface area contributed by atoms with E-state index in [9.17, 15) is 13.2 Å². The van der Waals surface area contributed by atoms with Crippen LogP contribution in [0, 0.1) is 0 Å². The fourth-order valence-corrected chi connectivity index (χ4v) is 3.67. The van der Waals surface area contributed by atoms with Gasteiger partial charge in [-0.3, -0.25) is 4.79 Å². The lowest BCUT2D eigenvalue weighted by molar-refractivity contribution is -0.122. The molecule has 0 aliphatic heterocycles. The molecule has 6 heteroatoms. The molecule has 0 heterocycles. The Bertz CT molecular complexity index is 803. The van der Waals surface area contributed by atoms with Gasteiger partial charge in [0.15, 0.2) is 0 Å². The predicted molar refractivity (Wildman–Crippen MR) is 96.3 cm³/mol. The van der Waals surface area contributed by atoms with E-state index in [-0.39, 0.29) is 10.8 Å². The Labute approximate surface area is 143 Å². The van der Waals surface area contributed by atoms with Gasteiger partial charge in [-0.15, -0.1) is 0 Å². The summed E-state index contributed by atoms with van der Waals surface area (Å²) < 4.78 is 27.4. The molecule has 0 fully saturated rings. The van der Waals surface area contributed by atoms with Gasteiger partial charge in [0.2, 0.25) is 15.9 Å². The summed E-state index contributed by atoms with van der Waals surface area (Å²) in [6, 6.07) is 11.7. The second-order valence-electron chi connectivity index (χ2n) is 5.85. The molecule has 0 aromatic heterocycles. The Morgan fingerprint density at radius 3 is 2.50 bits per heavy atom. The average molecular weight is 348 g/mol. The van der Waals surface area contributed by atoms with Crippen molar-refractivity contribution in [1.29, 1.82) is 0 Å². The maximum absolute atomic E-state index is 12.5. The van der Waals surface area contributed by atoms with E-state index in [4.69, 9.17) is 0 Å². The number of unbranched alkanes of at least 4 members (excludes halogenated alkanes) is 2. The normalized spacial score (nSPS) is 12.9. The summed E-state index contributed by atoms with van der Waals surface area (Å²) in [4.78, 5) is 12.1. The monoisotopic (exact) mass is 348 g/mol. The standard InChI is InChI=1S/C18H24N2O3S/c1-3-4-7-12-19-18(21)14(2)20-24(22,23)17-11-10-15-8-5-6-9-16(15)13-17/h5-6,8-11,13-14,20H,3-4,7,12H2,1-2H3,(H,19,21)/t14-/m1/s1. The lowest BCUT2D eigenvalue weighted by Crippen LogP contribution is -2.44. The third kappa shape index (κ3) is 4.79. The number of nitrogens with one attached hydrogen (secondary N) is 2. The van der Waals surface area contributed by atoms with Crippen LogP contribution in [0.2, 0.25) is 0 Å². The first-order valence-electron chi connectivity index (χ1n) is 8.23. The van der Waals surface area contributed by atoms with Crippen LogP contribution in [0.5, 0.6) is 0 Å². The van der Waals surface area contributed by atoms with Crippen molar-refractivity contribution in [3.8, 4) is 0 Å². The number of hydrogen-bond donors (Lipinski definition) is 2. The molecular weight excluding hydrogens is 324 g/mol. The molecule has 0 radical (unpaired) electrons. The van der Waals surface area contributed by atoms with Gasteiger partial charge < -0.3 is 5.32 Å². The molecule has 0 spiro atoms. The Hall–Kier alpha value is -1.92. The smallest absolute Gasteiger partial charge is 0.241 e. The fraction of sp³-hybridized carbons (Fsp3) is 0.389. The quantitative estimate of drug-likeness (QED) is 0.720. The number of rotatable bonds is 8. The van der Waals surface area contributed by atoms with Crippen LogP contribution in [0.25, 0.3) is 10.8 Å². The van der Waals surface area contributed by atoms with Crippen LogP contribution in [0.4, 0.5) is 0 Å². The molecule has 2 rings (SSSR count). The van der Waals surface area contributed by atoms with Crippen LogP contribution in [0.1, 0.15) is 33.1 Å². The van der Waals surface area contributed by atoms with Gasteiger partial charge in [-0.1, -0.05) is 50.1 Å². The van der Waals surface area contributed by atoms with Gasteiger partial charge in [0.25, 0.3) is 0 Å². The summed E-state index contributed by atoms with van der Waals surface area (Å²) in [5.74, 6) is -0.310. The summed E-state index contributed by atoms with van der Waals surface area (Å²) in [5, 5.41) is 4.57. The van der Waals surface area contributed by atoms with E-state index >= 15 is 0 Å². The van der Waals surface area contributed by atoms with Crippen molar-refractivity contribution in [3.05, 3.63) is 42.5 Å². The summed E-state index contributed by atoms with van der Waals surface area (Å²) in [6.45, 7) is 4.20. The van der Waals surface area contributed by atoms with Gasteiger partial charge in [0.1, 0.15) is 0 Å². The van der Waals surface area contributed by atoms with Crippen molar-refractivity contribution < 1.29 is 13.2 Å². The van der Waals surface area contributed by atoms with Crippen LogP contribution in [-0.4, -0.2) is 26.9 Å². The van der Waals surface area contributed by atoms with E-state index in [0.717, 1.165) is 30.0 Å². The number of benzene rings is 2. The Kier molecular flexibility index (Phi) is 6.34. The zero-order valence-corrected chi connectivity index (χ0v) is 14.9. The number of sulfonamides is 1. The fourth-order valence-electron chi connectivity index (χ4n) is 2.43. The lowest BCUT2D eigenvalue weighted by atomic mass is 10.1. The maximum atomic E-state index is 12.5. The van der Waals surface area contributed by atoms with Crippen molar-refractivity contribution in [3.63, 3.8) is 0 Å². The summed E-state index contributed by atoms with van der Waals surface area (Å²) in [5.41, 5.74) is 0. The molecular formula is C18H24N2O3S. The lowest BCUT2D eigenvalue weighted by Gasteiger charge is -2.14. The summed E-state index contributed by atoms with van der Waals surface area (Å²) in [6.07, 6.45) is 3.00. The van der Waals surface area contributed by atoms with Crippen LogP contribution in [0.15, 0.2) is 47.4 Å². The minimum Gasteiger partial charge on any atom is -0.355 e. The van der Waals surface area contributed by atoms with Crippen molar-refractivity contribution in [2.45, 2.75) is 44.0 Å². The topological polar surface area (TPSA) is 75.3 Å². The van der Waals surface area contributed by atoms with E-state index in [0.29, 0.717) is 6.54 Å². The highest BCUT2D eigenvalue weighted by molar-refractivity contribution is 7.89. The van der Waals surface area contributed by atoms with Crippen LogP contribution in [0.3, 0.4) is 0 Å². The number of carbonyl (C=O) groups excluding carboxylic acids is 1. The minimum atomic E-state index is -3.74. The third-order valence-corrected chi connectivity index (χ3v) is 5.37. The molecule has 0 saturated carbocycles. The number of carbonyl (C=O) groups is 1. The zero-order valence-electron chi connectivity index (χ0n) is 14.1. The second-order valence-corrected chi connectivity index (χ2v) is 7.56. The average Bonchev–Trinajstić information content (AvgIpc) is 2.57. The Morgan fingerprint density at radius 2 is 1.79 bits per heavy atom. The van der Waals surface area contributed by atoms with Crippen molar-refractivity contribution in [2.75, 3.05) is 6.54 Å². The third-order valence-electron chi connectivity index (χ3n) is 3.84. The highest BCUT2D eigenvalue weighted by Gasteiger charge is 2.21. The van der Waals surface area contributed by atoms with Gasteiger partial charge in [0.05, 0.1) is 10.9 Å². The highest BCUT2D eigenvalue weighted by Crippen LogP contribution is 2.19. The van der Waals surface area contributed by atoms with Crippen molar-refractivity contribution >= 4 is 26.7 Å². The minimum absolute atomic E-state index is 0.159. The first kappa shape index (κ1) is 18.4. The molecule has 1 atom stereocenters. The van der Waals surface area contributed by atoms with Crippen molar-refractivity contribution in [2.24, 2.45) is 0 Å². The van der Waals surface area contributed by atoms with Crippen LogP contribution >= 0.6 is 0 Å². The molecule has 0 aliphatic rings. The summed E-state index contributed by atoms with van der Waals surface area (Å²) in [7, 11) is -3.74. The van der Waals surface area contributed by atoms with Gasteiger partial charge in [-0.25, -0.2) is 8.42 Å². The van der Waals surface area contributed by atoms with E-state index < -0.39 is 16.1 Å². The Balaban J connectivity index is 2.04. The SMILES string of the molecule is CCCCCNC(=O)[C@@H](C)NS(=O)(=O)c1ccc2ccccc2c1. The number of hydrogen-bond acceptors (Lipinski definition) is 3. The van der Waals surface area contributed by atoms with Gasteiger partial charge in [0, 0.05) is 6.54 Å². The number of fused-ring (bicyclic) bond motifs is 1. The summed E-state index contributed by atoms with van der Waals surface area (Å²) >= 11 is 0. The van der Waals surface area contributed by atoms with Gasteiger partial charge in [-0.2, -0.15) is 4.72 Å². The van der Waals surface area contributed by atoms with E-state index in [1.807, 2.05) is 24.3 Å². The molecule has 5 nitrogen and oxygen atoms in total. The van der Waals surface area contributed by atoms with Crippen LogP contribution < -0.4 is 10.0 Å². The highest BCUT2D eigenvalue weighted by atomic mass is 32.2. The van der Waals surface area contributed by atoms with Gasteiger partial charge in [-0.05, 0) is 36.2 Å². The van der Waals surface area contributed by atoms with Gasteiger partial charge >= 0.3 is 0 Å². The molecule has 2 aromatic rings. The van der Waals surface area contributed by atoms with Crippen molar-refractivity contribution in [1.82, 2.24) is 10.0 Å². The maximum Gasteiger partial charge on any atom is 0.241 e. The van der Waals surface area contributed by atoms with E-state index in [1.54, 1.807) is 25.1 Å². The molecule has 130 valence electrons. The number of amides is 1. The molecule has 0 bridgehead atoms. The van der Waals surface area contributed by atoms with Crippen LogP contribution in [-0.2, 0) is 14.8 Å². The largest absolute Gasteiger partial charge is 0.355 e. The zero-order chi connectivity index (χ0) is 17.6. The molecule has 0 unspecified atom stereocenters. The Morgan fingerprint density at radius 1 is 1.08 bits per heavy atom. The molecule has 2 aromatic carbocycles. The first-order chi connectivity index (χ1) is 11.4. The van der Waals surface area contributed by atoms with E-state index in [1.165, 1.54) is 0 Å².